The Balaban J connectivity index is 2.09. The minimum absolute atomic E-state index is 0.178. The molecule has 0 bridgehead atoms. The molecule has 0 spiro atoms. The van der Waals surface area contributed by atoms with Crippen molar-refractivity contribution in [3.8, 4) is 11.1 Å². The monoisotopic (exact) mass is 285 g/mol. The smallest absolute Gasteiger partial charge is 0.131 e. The van der Waals surface area contributed by atoms with Crippen LogP contribution in [0.5, 0.6) is 0 Å². The Morgan fingerprint density at radius 1 is 1.05 bits per heavy atom. The largest absolute Gasteiger partial charge is 0.347 e. The molecule has 3 aromatic rings. The average Bonchev–Trinajstić information content (AvgIpc) is 2.83. The standard InChI is InChI=1S/C17H13ClFN/c18-15-8-7-12-14(11-4-1-2-6-16(11)19)10-20-9-3-5-13(15)17(12)20/h1-2,4,6-8,10H,3,5,9H2. The van der Waals surface area contributed by atoms with E-state index in [2.05, 4.69) is 10.8 Å². The first kappa shape index (κ1) is 12.0. The molecule has 0 unspecified atom stereocenters. The average molecular weight is 286 g/mol. The van der Waals surface area contributed by atoms with Gasteiger partial charge in [0.1, 0.15) is 5.82 Å². The lowest BCUT2D eigenvalue weighted by molar-refractivity contribution is 0.629. The highest BCUT2D eigenvalue weighted by Crippen LogP contribution is 2.38. The molecular formula is C17H13ClFN. The molecule has 3 heteroatoms. The highest BCUT2D eigenvalue weighted by Gasteiger charge is 2.20. The van der Waals surface area contributed by atoms with Gasteiger partial charge in [-0.3, -0.25) is 0 Å². The van der Waals surface area contributed by atoms with E-state index in [1.165, 1.54) is 17.1 Å². The number of aromatic nitrogens is 1. The maximum atomic E-state index is 14.1. The van der Waals surface area contributed by atoms with Crippen LogP contribution >= 0.6 is 11.6 Å². The lowest BCUT2D eigenvalue weighted by Gasteiger charge is -2.16. The summed E-state index contributed by atoms with van der Waals surface area (Å²) in [6.45, 7) is 0.971. The maximum absolute atomic E-state index is 14.1. The summed E-state index contributed by atoms with van der Waals surface area (Å²) < 4.78 is 16.3. The van der Waals surface area contributed by atoms with Crippen molar-refractivity contribution in [3.63, 3.8) is 0 Å². The second kappa shape index (κ2) is 4.35. The Bertz CT molecular complexity index is 819. The molecule has 0 fully saturated rings. The number of benzene rings is 2. The number of nitrogens with zero attached hydrogens (tertiary/aromatic N) is 1. The van der Waals surface area contributed by atoms with E-state index >= 15 is 0 Å². The van der Waals surface area contributed by atoms with Gasteiger partial charge in [0, 0.05) is 34.3 Å². The molecule has 0 saturated carbocycles. The summed E-state index contributed by atoms with van der Waals surface area (Å²) in [7, 11) is 0. The first-order valence-corrected chi connectivity index (χ1v) is 7.18. The third-order valence-corrected chi connectivity index (χ3v) is 4.43. The lowest BCUT2D eigenvalue weighted by Crippen LogP contribution is -2.06. The van der Waals surface area contributed by atoms with Gasteiger partial charge in [-0.1, -0.05) is 35.9 Å². The summed E-state index contributed by atoms with van der Waals surface area (Å²) in [5, 5.41) is 1.91. The van der Waals surface area contributed by atoms with E-state index in [1.807, 2.05) is 24.3 Å². The minimum atomic E-state index is -0.178. The number of hydrogen-bond acceptors (Lipinski definition) is 0. The van der Waals surface area contributed by atoms with Gasteiger partial charge in [-0.2, -0.15) is 0 Å². The molecule has 2 heterocycles. The summed E-state index contributed by atoms with van der Waals surface area (Å²) >= 11 is 6.31. The first-order chi connectivity index (χ1) is 9.75. The summed E-state index contributed by atoms with van der Waals surface area (Å²) in [6.07, 6.45) is 4.14. The van der Waals surface area contributed by atoms with Crippen molar-refractivity contribution < 1.29 is 4.39 Å². The van der Waals surface area contributed by atoms with E-state index < -0.39 is 0 Å². The Hall–Kier alpha value is -1.80. The van der Waals surface area contributed by atoms with Crippen LogP contribution in [0.2, 0.25) is 5.02 Å². The molecule has 0 amide bonds. The molecule has 0 N–H and O–H groups in total. The number of hydrogen-bond donors (Lipinski definition) is 0. The van der Waals surface area contributed by atoms with Crippen molar-refractivity contribution in [1.82, 2.24) is 4.57 Å². The van der Waals surface area contributed by atoms with Crippen molar-refractivity contribution in [2.45, 2.75) is 19.4 Å². The van der Waals surface area contributed by atoms with Crippen LogP contribution < -0.4 is 0 Å². The van der Waals surface area contributed by atoms with Crippen LogP contribution in [0, 0.1) is 5.82 Å². The third-order valence-electron chi connectivity index (χ3n) is 4.08. The molecule has 1 nitrogen and oxygen atoms in total. The number of halogens is 2. The third kappa shape index (κ3) is 1.61. The van der Waals surface area contributed by atoms with Crippen LogP contribution in [0.3, 0.4) is 0 Å². The van der Waals surface area contributed by atoms with E-state index in [4.69, 9.17) is 11.6 Å². The fraction of sp³-hybridized carbons (Fsp3) is 0.176. The summed E-state index contributed by atoms with van der Waals surface area (Å²) in [5.41, 5.74) is 3.98. The summed E-state index contributed by atoms with van der Waals surface area (Å²) in [4.78, 5) is 0. The summed E-state index contributed by atoms with van der Waals surface area (Å²) in [5.74, 6) is -0.178. The number of aryl methyl sites for hydroxylation is 2. The zero-order chi connectivity index (χ0) is 13.7. The minimum Gasteiger partial charge on any atom is -0.347 e. The van der Waals surface area contributed by atoms with Crippen LogP contribution in [0.1, 0.15) is 12.0 Å². The molecule has 2 aromatic carbocycles. The van der Waals surface area contributed by atoms with Gasteiger partial charge in [-0.05, 0) is 30.5 Å². The quantitative estimate of drug-likeness (QED) is 0.590. The van der Waals surface area contributed by atoms with E-state index in [9.17, 15) is 4.39 Å². The van der Waals surface area contributed by atoms with Gasteiger partial charge in [0.2, 0.25) is 0 Å². The Kier molecular flexibility index (Phi) is 2.61. The highest BCUT2D eigenvalue weighted by molar-refractivity contribution is 6.32. The molecule has 0 atom stereocenters. The molecule has 0 aliphatic carbocycles. The zero-order valence-electron chi connectivity index (χ0n) is 10.9. The van der Waals surface area contributed by atoms with E-state index in [0.717, 1.165) is 35.4 Å². The molecule has 4 rings (SSSR count). The highest BCUT2D eigenvalue weighted by atomic mass is 35.5. The van der Waals surface area contributed by atoms with Gasteiger partial charge in [0.25, 0.3) is 0 Å². The van der Waals surface area contributed by atoms with E-state index in [1.54, 1.807) is 6.07 Å². The molecule has 1 aliphatic rings. The molecular weight excluding hydrogens is 273 g/mol. The van der Waals surface area contributed by atoms with Crippen LogP contribution in [0.4, 0.5) is 4.39 Å². The Morgan fingerprint density at radius 3 is 2.75 bits per heavy atom. The molecule has 0 saturated heterocycles. The zero-order valence-corrected chi connectivity index (χ0v) is 11.6. The predicted octanol–water partition coefficient (Wildman–Crippen LogP) is 5.05. The SMILES string of the molecule is Fc1ccccc1-c1cn2c3c(c(Cl)ccc13)CCC2. The molecule has 20 heavy (non-hydrogen) atoms. The van der Waals surface area contributed by atoms with E-state index in [-0.39, 0.29) is 5.82 Å². The molecule has 100 valence electrons. The van der Waals surface area contributed by atoms with Crippen LogP contribution in [-0.2, 0) is 13.0 Å². The summed E-state index contributed by atoms with van der Waals surface area (Å²) in [6, 6.07) is 10.9. The molecule has 0 radical (unpaired) electrons. The first-order valence-electron chi connectivity index (χ1n) is 6.81. The van der Waals surface area contributed by atoms with Gasteiger partial charge in [-0.15, -0.1) is 0 Å². The van der Waals surface area contributed by atoms with Gasteiger partial charge < -0.3 is 4.57 Å². The predicted molar refractivity (Wildman–Crippen MR) is 80.7 cm³/mol. The van der Waals surface area contributed by atoms with Crippen molar-refractivity contribution in [2.24, 2.45) is 0 Å². The normalized spacial score (nSPS) is 13.9. The van der Waals surface area contributed by atoms with Crippen molar-refractivity contribution in [1.29, 1.82) is 0 Å². The second-order valence-corrected chi connectivity index (χ2v) is 5.65. The molecule has 1 aliphatic heterocycles. The maximum Gasteiger partial charge on any atom is 0.131 e. The van der Waals surface area contributed by atoms with E-state index in [0.29, 0.717) is 5.56 Å². The van der Waals surface area contributed by atoms with Crippen molar-refractivity contribution >= 4 is 22.5 Å². The fourth-order valence-corrected chi connectivity index (χ4v) is 3.43. The van der Waals surface area contributed by atoms with Gasteiger partial charge in [-0.25, -0.2) is 4.39 Å². The Morgan fingerprint density at radius 2 is 1.90 bits per heavy atom. The second-order valence-electron chi connectivity index (χ2n) is 5.24. The van der Waals surface area contributed by atoms with Gasteiger partial charge in [0.15, 0.2) is 0 Å². The Labute approximate surface area is 121 Å². The lowest BCUT2D eigenvalue weighted by atomic mass is 10.00. The fourth-order valence-electron chi connectivity index (χ4n) is 3.18. The van der Waals surface area contributed by atoms with Crippen LogP contribution in [-0.4, -0.2) is 4.57 Å². The number of rotatable bonds is 1. The molecule has 1 aromatic heterocycles. The van der Waals surface area contributed by atoms with Crippen LogP contribution in [0.25, 0.3) is 22.0 Å². The van der Waals surface area contributed by atoms with Gasteiger partial charge >= 0.3 is 0 Å². The van der Waals surface area contributed by atoms with Crippen molar-refractivity contribution in [2.75, 3.05) is 0 Å². The van der Waals surface area contributed by atoms with Crippen LogP contribution in [0.15, 0.2) is 42.6 Å². The van der Waals surface area contributed by atoms with Crippen molar-refractivity contribution in [3.05, 3.63) is 59.0 Å². The van der Waals surface area contributed by atoms with Gasteiger partial charge in [0.05, 0.1) is 5.52 Å². The topological polar surface area (TPSA) is 4.93 Å².